The van der Waals surface area contributed by atoms with Gasteiger partial charge in [0.25, 0.3) is 11.2 Å². The van der Waals surface area contributed by atoms with Gasteiger partial charge in [-0.2, -0.15) is 0 Å². The van der Waals surface area contributed by atoms with Gasteiger partial charge in [0.1, 0.15) is 17.3 Å². The molecule has 4 aromatic rings. The number of nitrogens with zero attached hydrogens (tertiary/aromatic N) is 3. The molecule has 1 fully saturated rings. The number of nitro groups is 1. The first-order valence-corrected chi connectivity index (χ1v) is 11.2. The highest BCUT2D eigenvalue weighted by Crippen LogP contribution is 2.38. The smallest absolute Gasteiger partial charge is 0.293 e. The summed E-state index contributed by atoms with van der Waals surface area (Å²) in [6, 6.07) is 20.1. The highest BCUT2D eigenvalue weighted by molar-refractivity contribution is 5.80. The van der Waals surface area contributed by atoms with Crippen LogP contribution < -0.4 is 15.2 Å². The quantitative estimate of drug-likeness (QED) is 0.339. The summed E-state index contributed by atoms with van der Waals surface area (Å²) in [5, 5.41) is 12.4. The Morgan fingerprint density at radius 3 is 2.56 bits per heavy atom. The molecule has 0 saturated carbocycles. The third-order valence-electron chi connectivity index (χ3n) is 6.47. The summed E-state index contributed by atoms with van der Waals surface area (Å²) in [6.07, 6.45) is 1.75. The maximum atomic E-state index is 12.5. The third kappa shape index (κ3) is 3.98. The first kappa shape index (κ1) is 21.6. The SMILES string of the molecule is COc1ccccc1C1CCN(c2ccc(-c3nc4ccccc4c(=O)[nH]3)cc2[N+](=O)[O-])CC1. The maximum Gasteiger partial charge on any atom is 0.293 e. The van der Waals surface area contributed by atoms with Crippen LogP contribution in [0.1, 0.15) is 24.3 Å². The number of nitro benzene ring substituents is 1. The van der Waals surface area contributed by atoms with Crippen molar-refractivity contribution in [2.45, 2.75) is 18.8 Å². The number of fused-ring (bicyclic) bond motifs is 1. The molecule has 34 heavy (non-hydrogen) atoms. The summed E-state index contributed by atoms with van der Waals surface area (Å²) >= 11 is 0. The number of hydrogen-bond donors (Lipinski definition) is 1. The standard InChI is InChI=1S/C26H24N4O4/c1-34-24-9-5-3-6-19(24)17-12-14-29(15-13-17)22-11-10-18(16-23(22)30(32)33)25-27-21-8-4-2-7-20(21)26(31)28-25/h2-11,16-17H,12-15H2,1H3,(H,27,28,31). The molecule has 1 aliphatic heterocycles. The summed E-state index contributed by atoms with van der Waals surface area (Å²) in [7, 11) is 1.68. The van der Waals surface area contributed by atoms with Gasteiger partial charge < -0.3 is 14.6 Å². The van der Waals surface area contributed by atoms with Gasteiger partial charge in [-0.1, -0.05) is 30.3 Å². The lowest BCUT2D eigenvalue weighted by atomic mass is 9.88. The van der Waals surface area contributed by atoms with E-state index in [4.69, 9.17) is 4.74 Å². The first-order chi connectivity index (χ1) is 16.5. The second-order valence-electron chi connectivity index (χ2n) is 8.40. The van der Waals surface area contributed by atoms with E-state index < -0.39 is 0 Å². The van der Waals surface area contributed by atoms with E-state index in [2.05, 4.69) is 20.9 Å². The molecule has 8 heteroatoms. The zero-order chi connectivity index (χ0) is 23.7. The predicted molar refractivity (Wildman–Crippen MR) is 132 cm³/mol. The van der Waals surface area contributed by atoms with E-state index in [9.17, 15) is 14.9 Å². The molecule has 1 N–H and O–H groups in total. The van der Waals surface area contributed by atoms with Crippen LogP contribution in [0.4, 0.5) is 11.4 Å². The molecule has 0 unspecified atom stereocenters. The molecule has 0 atom stereocenters. The lowest BCUT2D eigenvalue weighted by Gasteiger charge is -2.34. The number of aromatic amines is 1. The number of ether oxygens (including phenoxy) is 1. The molecule has 0 aliphatic carbocycles. The largest absolute Gasteiger partial charge is 0.496 e. The molecular weight excluding hydrogens is 432 g/mol. The Balaban J connectivity index is 1.43. The Morgan fingerprint density at radius 2 is 1.79 bits per heavy atom. The highest BCUT2D eigenvalue weighted by atomic mass is 16.6. The molecule has 1 aliphatic rings. The molecule has 2 heterocycles. The molecule has 0 radical (unpaired) electrons. The Hall–Kier alpha value is -4.20. The maximum absolute atomic E-state index is 12.5. The number of aromatic nitrogens is 2. The lowest BCUT2D eigenvalue weighted by Crippen LogP contribution is -2.33. The van der Waals surface area contributed by atoms with Crippen LogP contribution in [0.25, 0.3) is 22.3 Å². The van der Waals surface area contributed by atoms with Crippen LogP contribution in [0, 0.1) is 10.1 Å². The minimum absolute atomic E-state index is 0.00375. The van der Waals surface area contributed by atoms with Gasteiger partial charge >= 0.3 is 0 Å². The van der Waals surface area contributed by atoms with Crippen molar-refractivity contribution in [3.8, 4) is 17.1 Å². The van der Waals surface area contributed by atoms with Crippen LogP contribution in [0.2, 0.25) is 0 Å². The molecule has 0 bridgehead atoms. The van der Waals surface area contributed by atoms with Gasteiger partial charge in [-0.25, -0.2) is 4.98 Å². The number of anilines is 1. The van der Waals surface area contributed by atoms with Crippen molar-refractivity contribution < 1.29 is 9.66 Å². The zero-order valence-corrected chi connectivity index (χ0v) is 18.7. The van der Waals surface area contributed by atoms with Gasteiger partial charge in [0.2, 0.25) is 0 Å². The van der Waals surface area contributed by atoms with Crippen LogP contribution in [0.3, 0.4) is 0 Å². The van der Waals surface area contributed by atoms with Crippen molar-refractivity contribution in [1.29, 1.82) is 0 Å². The van der Waals surface area contributed by atoms with E-state index in [1.807, 2.05) is 18.2 Å². The molecule has 5 rings (SSSR count). The minimum Gasteiger partial charge on any atom is -0.496 e. The average Bonchev–Trinajstić information content (AvgIpc) is 2.88. The van der Waals surface area contributed by atoms with Crippen LogP contribution in [0.5, 0.6) is 5.75 Å². The third-order valence-corrected chi connectivity index (χ3v) is 6.47. The molecule has 8 nitrogen and oxygen atoms in total. The molecular formula is C26H24N4O4. The molecule has 0 amide bonds. The van der Waals surface area contributed by atoms with Crippen LogP contribution >= 0.6 is 0 Å². The monoisotopic (exact) mass is 456 g/mol. The number of para-hydroxylation sites is 2. The van der Waals surface area contributed by atoms with E-state index in [0.717, 1.165) is 18.6 Å². The summed E-state index contributed by atoms with van der Waals surface area (Å²) in [6.45, 7) is 1.40. The molecule has 172 valence electrons. The van der Waals surface area contributed by atoms with E-state index in [1.165, 1.54) is 11.6 Å². The average molecular weight is 457 g/mol. The number of methoxy groups -OCH3 is 1. The highest BCUT2D eigenvalue weighted by Gasteiger charge is 2.27. The van der Waals surface area contributed by atoms with Crippen molar-refractivity contribution in [2.24, 2.45) is 0 Å². The Bertz CT molecular complexity index is 1420. The minimum atomic E-state index is -0.371. The fraction of sp³-hybridized carbons (Fsp3) is 0.231. The lowest BCUT2D eigenvalue weighted by molar-refractivity contribution is -0.384. The number of piperidine rings is 1. The van der Waals surface area contributed by atoms with Gasteiger partial charge in [0.15, 0.2) is 0 Å². The van der Waals surface area contributed by atoms with Gasteiger partial charge in [0, 0.05) is 24.7 Å². The number of nitrogens with one attached hydrogen (secondary N) is 1. The summed E-state index contributed by atoms with van der Waals surface area (Å²) in [5.74, 6) is 1.54. The van der Waals surface area contributed by atoms with Crippen molar-refractivity contribution >= 4 is 22.3 Å². The van der Waals surface area contributed by atoms with Crippen molar-refractivity contribution in [2.75, 3.05) is 25.1 Å². The number of hydrogen-bond acceptors (Lipinski definition) is 6. The molecule has 1 aromatic heterocycles. The van der Waals surface area contributed by atoms with Crippen LogP contribution in [-0.2, 0) is 0 Å². The molecule has 1 saturated heterocycles. The fourth-order valence-electron chi connectivity index (χ4n) is 4.74. The Labute approximate surface area is 196 Å². The number of benzene rings is 3. The summed E-state index contributed by atoms with van der Waals surface area (Å²) < 4.78 is 5.52. The fourth-order valence-corrected chi connectivity index (χ4v) is 4.74. The van der Waals surface area contributed by atoms with Crippen LogP contribution in [-0.4, -0.2) is 35.1 Å². The van der Waals surface area contributed by atoms with Crippen molar-refractivity contribution in [1.82, 2.24) is 9.97 Å². The van der Waals surface area contributed by atoms with Crippen molar-refractivity contribution in [3.63, 3.8) is 0 Å². The second-order valence-corrected chi connectivity index (χ2v) is 8.40. The molecule has 0 spiro atoms. The Morgan fingerprint density at radius 1 is 1.06 bits per heavy atom. The summed E-state index contributed by atoms with van der Waals surface area (Å²) in [5.41, 5.74) is 2.54. The number of rotatable bonds is 5. The van der Waals surface area contributed by atoms with E-state index in [1.54, 1.807) is 43.5 Å². The normalized spacial score (nSPS) is 14.3. The van der Waals surface area contributed by atoms with E-state index >= 15 is 0 Å². The number of H-pyrrole nitrogens is 1. The van der Waals surface area contributed by atoms with E-state index in [-0.39, 0.29) is 16.2 Å². The first-order valence-electron chi connectivity index (χ1n) is 11.2. The Kier molecular flexibility index (Phi) is 5.71. The second kappa shape index (κ2) is 8.97. The van der Waals surface area contributed by atoms with Crippen molar-refractivity contribution in [3.05, 3.63) is 92.8 Å². The van der Waals surface area contributed by atoms with Crippen LogP contribution in [0.15, 0.2) is 71.5 Å². The van der Waals surface area contributed by atoms with Gasteiger partial charge in [-0.15, -0.1) is 0 Å². The van der Waals surface area contributed by atoms with Gasteiger partial charge in [-0.3, -0.25) is 14.9 Å². The van der Waals surface area contributed by atoms with E-state index in [0.29, 0.717) is 47.0 Å². The summed E-state index contributed by atoms with van der Waals surface area (Å²) in [4.78, 5) is 33.4. The topological polar surface area (TPSA) is 101 Å². The van der Waals surface area contributed by atoms with Gasteiger partial charge in [0.05, 0.1) is 22.9 Å². The molecule has 3 aromatic carbocycles. The van der Waals surface area contributed by atoms with Gasteiger partial charge in [-0.05, 0) is 54.7 Å². The predicted octanol–water partition coefficient (Wildman–Crippen LogP) is 4.89. The zero-order valence-electron chi connectivity index (χ0n) is 18.7.